The average molecular weight is 275 g/mol. The van der Waals surface area contributed by atoms with Crippen molar-refractivity contribution in [3.05, 3.63) is 0 Å². The zero-order chi connectivity index (χ0) is 14.1. The zero-order valence-corrected chi connectivity index (χ0v) is 12.3. The summed E-state index contributed by atoms with van der Waals surface area (Å²) in [6.07, 6.45) is 4.95. The Morgan fingerprint density at radius 2 is 1.84 bits per heavy atom. The van der Waals surface area contributed by atoms with Gasteiger partial charge in [0.25, 0.3) is 0 Å². The van der Waals surface area contributed by atoms with Crippen molar-refractivity contribution in [2.75, 3.05) is 33.5 Å². The Bertz CT molecular complexity index is 231. The van der Waals surface area contributed by atoms with E-state index in [2.05, 4.69) is 0 Å². The fourth-order valence-corrected chi connectivity index (χ4v) is 2.48. The molecule has 5 heteroatoms. The number of methoxy groups -OCH3 is 1. The van der Waals surface area contributed by atoms with Gasteiger partial charge in [-0.2, -0.15) is 0 Å². The molecule has 114 valence electrons. The largest absolute Gasteiger partial charge is 0.388 e. The van der Waals surface area contributed by atoms with E-state index in [0.29, 0.717) is 13.2 Å². The molecule has 0 saturated heterocycles. The molecule has 0 bridgehead atoms. The van der Waals surface area contributed by atoms with Crippen LogP contribution in [0.15, 0.2) is 0 Å². The van der Waals surface area contributed by atoms with Crippen molar-refractivity contribution in [1.82, 2.24) is 0 Å². The highest BCUT2D eigenvalue weighted by atomic mass is 16.5. The van der Waals surface area contributed by atoms with Crippen LogP contribution in [0.5, 0.6) is 0 Å². The third kappa shape index (κ3) is 6.19. The van der Waals surface area contributed by atoms with E-state index in [-0.39, 0.29) is 24.9 Å². The molecule has 5 nitrogen and oxygen atoms in total. The topological polar surface area (TPSA) is 73.9 Å². The van der Waals surface area contributed by atoms with Crippen molar-refractivity contribution in [2.24, 2.45) is 5.73 Å². The summed E-state index contributed by atoms with van der Waals surface area (Å²) < 4.78 is 16.3. The van der Waals surface area contributed by atoms with E-state index in [1.807, 2.05) is 6.92 Å². The molecule has 0 aliphatic heterocycles. The maximum atomic E-state index is 9.88. The minimum absolute atomic E-state index is 0.0159. The lowest BCUT2D eigenvalue weighted by atomic mass is 9.84. The summed E-state index contributed by atoms with van der Waals surface area (Å²) in [7, 11) is 1.63. The van der Waals surface area contributed by atoms with Gasteiger partial charge in [-0.25, -0.2) is 0 Å². The molecule has 0 amide bonds. The van der Waals surface area contributed by atoms with Gasteiger partial charge in [0, 0.05) is 13.7 Å². The highest BCUT2D eigenvalue weighted by Gasteiger charge is 2.32. The molecule has 2 unspecified atom stereocenters. The van der Waals surface area contributed by atoms with Crippen molar-refractivity contribution >= 4 is 0 Å². The van der Waals surface area contributed by atoms with Crippen LogP contribution in [0.25, 0.3) is 0 Å². The van der Waals surface area contributed by atoms with E-state index in [1.54, 1.807) is 7.11 Å². The molecule has 3 N–H and O–H groups in total. The molecule has 0 aromatic rings. The predicted molar refractivity (Wildman–Crippen MR) is 74.1 cm³/mol. The van der Waals surface area contributed by atoms with Gasteiger partial charge in [0.1, 0.15) is 6.10 Å². The number of rotatable bonds is 9. The monoisotopic (exact) mass is 275 g/mol. The highest BCUT2D eigenvalue weighted by molar-refractivity contribution is 4.85. The highest BCUT2D eigenvalue weighted by Crippen LogP contribution is 2.30. The Hall–Kier alpha value is -0.200. The maximum Gasteiger partial charge on any atom is 0.101 e. The molecular weight excluding hydrogens is 246 g/mol. The smallest absolute Gasteiger partial charge is 0.101 e. The van der Waals surface area contributed by atoms with Gasteiger partial charge in [-0.05, 0) is 19.8 Å². The second kappa shape index (κ2) is 8.87. The van der Waals surface area contributed by atoms with E-state index in [0.717, 1.165) is 25.7 Å². The number of aliphatic hydroxyl groups is 1. The van der Waals surface area contributed by atoms with Crippen LogP contribution in [0.2, 0.25) is 0 Å². The van der Waals surface area contributed by atoms with Crippen molar-refractivity contribution in [2.45, 2.75) is 56.8 Å². The lowest BCUT2D eigenvalue weighted by Gasteiger charge is -2.36. The summed E-state index contributed by atoms with van der Waals surface area (Å²) in [6.45, 7) is 3.53. The molecule has 0 aromatic carbocycles. The second-order valence-corrected chi connectivity index (χ2v) is 5.51. The van der Waals surface area contributed by atoms with Gasteiger partial charge >= 0.3 is 0 Å². The van der Waals surface area contributed by atoms with Gasteiger partial charge in [-0.3, -0.25) is 0 Å². The molecular formula is C14H29NO4. The lowest BCUT2D eigenvalue weighted by molar-refractivity contribution is -0.114. The predicted octanol–water partition coefficient (Wildman–Crippen LogP) is 1.08. The van der Waals surface area contributed by atoms with Crippen LogP contribution in [-0.4, -0.2) is 56.4 Å². The van der Waals surface area contributed by atoms with Crippen LogP contribution in [0.3, 0.4) is 0 Å². The first-order chi connectivity index (χ1) is 9.12. The van der Waals surface area contributed by atoms with E-state index >= 15 is 0 Å². The minimum atomic E-state index is -0.607. The van der Waals surface area contributed by atoms with Crippen LogP contribution in [0.1, 0.15) is 39.0 Å². The Morgan fingerprint density at radius 1 is 1.16 bits per heavy atom. The summed E-state index contributed by atoms with van der Waals surface area (Å²) >= 11 is 0. The summed E-state index contributed by atoms with van der Waals surface area (Å²) in [5.41, 5.74) is 5.61. The first-order valence-electron chi connectivity index (χ1n) is 7.24. The van der Waals surface area contributed by atoms with Gasteiger partial charge < -0.3 is 25.1 Å². The van der Waals surface area contributed by atoms with E-state index in [9.17, 15) is 5.11 Å². The molecule has 0 aromatic heterocycles. The Labute approximate surface area is 116 Å². The van der Waals surface area contributed by atoms with Crippen LogP contribution in [0.4, 0.5) is 0 Å². The van der Waals surface area contributed by atoms with E-state index in [1.165, 1.54) is 6.42 Å². The average Bonchev–Trinajstić information content (AvgIpc) is 2.44. The normalized spacial score (nSPS) is 22.1. The van der Waals surface area contributed by atoms with Gasteiger partial charge in [0.15, 0.2) is 0 Å². The summed E-state index contributed by atoms with van der Waals surface area (Å²) in [5, 5.41) is 9.88. The van der Waals surface area contributed by atoms with Gasteiger partial charge in [0.2, 0.25) is 0 Å². The number of hydrogen-bond donors (Lipinski definition) is 2. The van der Waals surface area contributed by atoms with Crippen molar-refractivity contribution in [3.8, 4) is 0 Å². The van der Waals surface area contributed by atoms with Crippen LogP contribution >= 0.6 is 0 Å². The molecule has 1 fully saturated rings. The minimum Gasteiger partial charge on any atom is -0.388 e. The van der Waals surface area contributed by atoms with Gasteiger partial charge in [-0.1, -0.05) is 19.3 Å². The Kier molecular flexibility index (Phi) is 7.87. The third-order valence-corrected chi connectivity index (χ3v) is 3.69. The molecule has 19 heavy (non-hydrogen) atoms. The summed E-state index contributed by atoms with van der Waals surface area (Å²) in [5.74, 6) is 0. The fourth-order valence-electron chi connectivity index (χ4n) is 2.48. The Morgan fingerprint density at radius 3 is 2.42 bits per heavy atom. The molecule has 0 spiro atoms. The molecule has 1 aliphatic carbocycles. The van der Waals surface area contributed by atoms with Gasteiger partial charge in [0.05, 0.1) is 31.5 Å². The standard InChI is InChI=1S/C14H29NO4/c1-12(8-17-2)18-9-13(16)10-19-14(11-15)6-4-3-5-7-14/h12-13,16H,3-11,15H2,1-2H3. The van der Waals surface area contributed by atoms with E-state index in [4.69, 9.17) is 19.9 Å². The van der Waals surface area contributed by atoms with Crippen LogP contribution < -0.4 is 5.73 Å². The van der Waals surface area contributed by atoms with Crippen LogP contribution in [0, 0.1) is 0 Å². The Balaban J connectivity index is 2.22. The number of ether oxygens (including phenoxy) is 3. The SMILES string of the molecule is COCC(C)OCC(O)COC1(CN)CCCCC1. The zero-order valence-electron chi connectivity index (χ0n) is 12.3. The second-order valence-electron chi connectivity index (χ2n) is 5.51. The fraction of sp³-hybridized carbons (Fsp3) is 1.00. The van der Waals surface area contributed by atoms with Crippen LogP contribution in [-0.2, 0) is 14.2 Å². The third-order valence-electron chi connectivity index (χ3n) is 3.69. The van der Waals surface area contributed by atoms with Gasteiger partial charge in [-0.15, -0.1) is 0 Å². The molecule has 2 atom stereocenters. The first kappa shape index (κ1) is 16.9. The lowest BCUT2D eigenvalue weighted by Crippen LogP contribution is -2.44. The molecule has 0 radical (unpaired) electrons. The number of aliphatic hydroxyl groups excluding tert-OH is 1. The summed E-state index contributed by atoms with van der Waals surface area (Å²) in [6, 6.07) is 0. The van der Waals surface area contributed by atoms with Crippen molar-refractivity contribution in [3.63, 3.8) is 0 Å². The quantitative estimate of drug-likeness (QED) is 0.658. The summed E-state index contributed by atoms with van der Waals surface area (Å²) in [4.78, 5) is 0. The molecule has 1 saturated carbocycles. The number of nitrogens with two attached hydrogens (primary N) is 1. The first-order valence-corrected chi connectivity index (χ1v) is 7.24. The van der Waals surface area contributed by atoms with Crippen molar-refractivity contribution < 1.29 is 19.3 Å². The van der Waals surface area contributed by atoms with Crippen molar-refractivity contribution in [1.29, 1.82) is 0 Å². The molecule has 1 rings (SSSR count). The maximum absolute atomic E-state index is 9.88. The molecule has 1 aliphatic rings. The molecule has 0 heterocycles. The number of hydrogen-bond acceptors (Lipinski definition) is 5. The van der Waals surface area contributed by atoms with E-state index < -0.39 is 6.10 Å².